The van der Waals surface area contributed by atoms with Gasteiger partial charge in [0, 0.05) is 18.7 Å². The zero-order chi connectivity index (χ0) is 20.5. The molecule has 9 heteroatoms. The Morgan fingerprint density at radius 3 is 2.50 bits per heavy atom. The van der Waals surface area contributed by atoms with Crippen molar-refractivity contribution in [2.75, 3.05) is 13.7 Å². The summed E-state index contributed by atoms with van der Waals surface area (Å²) in [6.07, 6.45) is 0. The average Bonchev–Trinajstić information content (AvgIpc) is 2.86. The summed E-state index contributed by atoms with van der Waals surface area (Å²) < 4.78 is 13.3. The number of carbonyl (C=O) groups excluding carboxylic acids is 2. The maximum Gasteiger partial charge on any atom is 0.326 e. The average molecular weight is 386 g/mol. The summed E-state index contributed by atoms with van der Waals surface area (Å²) in [7, 11) is 1.72. The summed E-state index contributed by atoms with van der Waals surface area (Å²) in [6.45, 7) is 1.92. The molecule has 1 fully saturated rings. The number of non-ortho nitro benzene ring substituents is 1. The van der Waals surface area contributed by atoms with Gasteiger partial charge in [-0.2, -0.15) is 0 Å². The molecule has 3 amide bonds. The second-order valence-corrected chi connectivity index (χ2v) is 6.88. The summed E-state index contributed by atoms with van der Waals surface area (Å²) in [5.41, 5.74) is -0.249. The van der Waals surface area contributed by atoms with Crippen molar-refractivity contribution in [2.24, 2.45) is 0 Å². The Morgan fingerprint density at radius 2 is 1.89 bits per heavy atom. The van der Waals surface area contributed by atoms with Crippen LogP contribution in [0.3, 0.4) is 0 Å². The number of halogens is 1. The highest BCUT2D eigenvalue weighted by Crippen LogP contribution is 2.30. The number of amides is 3. The molecule has 0 aromatic heterocycles. The molecule has 2 aromatic rings. The topological polar surface area (TPSA) is 95.8 Å². The first-order chi connectivity index (χ1) is 13.2. The van der Waals surface area contributed by atoms with E-state index in [1.807, 2.05) is 0 Å². The first-order valence-electron chi connectivity index (χ1n) is 8.53. The Morgan fingerprint density at radius 1 is 1.21 bits per heavy atom. The van der Waals surface area contributed by atoms with Crippen LogP contribution in [0.1, 0.15) is 18.1 Å². The van der Waals surface area contributed by atoms with Gasteiger partial charge in [-0.15, -0.1) is 0 Å². The van der Waals surface area contributed by atoms with Crippen LogP contribution in [-0.4, -0.2) is 40.4 Å². The molecule has 2 aromatic carbocycles. The Kier molecular flexibility index (Phi) is 5.10. The fourth-order valence-electron chi connectivity index (χ4n) is 3.18. The largest absolute Gasteiger partial charge is 0.326 e. The Hall–Kier alpha value is -3.33. The number of hydrogen-bond acceptors (Lipinski definition) is 5. The fourth-order valence-corrected chi connectivity index (χ4v) is 3.18. The smallest absolute Gasteiger partial charge is 0.319 e. The van der Waals surface area contributed by atoms with Crippen molar-refractivity contribution in [1.82, 2.24) is 15.1 Å². The second-order valence-electron chi connectivity index (χ2n) is 6.88. The van der Waals surface area contributed by atoms with Gasteiger partial charge in [0.25, 0.3) is 11.6 Å². The third-order valence-corrected chi connectivity index (χ3v) is 4.65. The van der Waals surface area contributed by atoms with Gasteiger partial charge >= 0.3 is 6.03 Å². The number of benzene rings is 2. The molecule has 0 unspecified atom stereocenters. The van der Waals surface area contributed by atoms with Gasteiger partial charge in [-0.3, -0.25) is 19.8 Å². The van der Waals surface area contributed by atoms with Crippen molar-refractivity contribution in [3.8, 4) is 0 Å². The maximum atomic E-state index is 13.3. The maximum absolute atomic E-state index is 13.3. The van der Waals surface area contributed by atoms with Crippen molar-refractivity contribution >= 4 is 17.6 Å². The van der Waals surface area contributed by atoms with E-state index in [2.05, 4.69) is 5.32 Å². The highest BCUT2D eigenvalue weighted by molar-refractivity contribution is 6.07. The number of nitro groups is 1. The SMILES string of the molecule is CN(Cc1cccc(F)c1)CN1C(=O)N[C@](C)(c2ccc([N+](=O)[O-])cc2)C1=O. The van der Waals surface area contributed by atoms with Crippen molar-refractivity contribution in [1.29, 1.82) is 0 Å². The highest BCUT2D eigenvalue weighted by atomic mass is 19.1. The van der Waals surface area contributed by atoms with Gasteiger partial charge in [0.2, 0.25) is 0 Å². The van der Waals surface area contributed by atoms with Crippen LogP contribution in [0.4, 0.5) is 14.9 Å². The van der Waals surface area contributed by atoms with E-state index < -0.39 is 22.4 Å². The first-order valence-corrected chi connectivity index (χ1v) is 8.53. The second kappa shape index (κ2) is 7.35. The lowest BCUT2D eigenvalue weighted by atomic mass is 9.92. The van der Waals surface area contributed by atoms with E-state index in [4.69, 9.17) is 0 Å². The van der Waals surface area contributed by atoms with E-state index in [0.717, 1.165) is 4.90 Å². The molecule has 0 aliphatic carbocycles. The molecule has 1 aliphatic heterocycles. The van der Waals surface area contributed by atoms with Crippen LogP contribution in [0.15, 0.2) is 48.5 Å². The van der Waals surface area contributed by atoms with Gasteiger partial charge in [-0.05, 0) is 49.4 Å². The minimum Gasteiger partial charge on any atom is -0.319 e. The molecule has 0 spiro atoms. The van der Waals surface area contributed by atoms with Crippen molar-refractivity contribution in [3.63, 3.8) is 0 Å². The molecular formula is C19H19FN4O4. The Labute approximate surface area is 160 Å². The standard InChI is InChI=1S/C19H19FN4O4/c1-19(14-6-8-16(9-7-14)24(27)28)17(25)23(18(26)21-19)12-22(2)11-13-4-3-5-15(20)10-13/h3-10H,11-12H2,1-2H3,(H,21,26)/t19-/m1/s1. The van der Waals surface area contributed by atoms with Crippen LogP contribution >= 0.6 is 0 Å². The number of nitro benzene ring substituents is 1. The van der Waals surface area contributed by atoms with Gasteiger partial charge in [-0.1, -0.05) is 12.1 Å². The summed E-state index contributed by atoms with van der Waals surface area (Å²) in [4.78, 5) is 38.4. The van der Waals surface area contributed by atoms with Gasteiger partial charge in [0.15, 0.2) is 0 Å². The molecule has 3 rings (SSSR count). The predicted octanol–water partition coefficient (Wildman–Crippen LogP) is 2.59. The van der Waals surface area contributed by atoms with E-state index in [-0.39, 0.29) is 18.2 Å². The molecule has 1 aliphatic rings. The molecular weight excluding hydrogens is 367 g/mol. The number of carbonyl (C=O) groups is 2. The number of hydrogen-bond donors (Lipinski definition) is 1. The van der Waals surface area contributed by atoms with Crippen molar-refractivity contribution < 1.29 is 18.9 Å². The van der Waals surface area contributed by atoms with Gasteiger partial charge in [-0.25, -0.2) is 14.1 Å². The number of rotatable bonds is 6. The predicted molar refractivity (Wildman–Crippen MR) is 98.6 cm³/mol. The number of nitrogens with zero attached hydrogens (tertiary/aromatic N) is 3. The fraction of sp³-hybridized carbons (Fsp3) is 0.263. The Balaban J connectivity index is 1.74. The summed E-state index contributed by atoms with van der Waals surface area (Å²) in [6, 6.07) is 11.0. The zero-order valence-electron chi connectivity index (χ0n) is 15.4. The summed E-state index contributed by atoms with van der Waals surface area (Å²) >= 11 is 0. The van der Waals surface area contributed by atoms with Crippen LogP contribution in [0.5, 0.6) is 0 Å². The van der Waals surface area contributed by atoms with Crippen LogP contribution < -0.4 is 5.32 Å². The monoisotopic (exact) mass is 386 g/mol. The molecule has 1 saturated heterocycles. The minimum absolute atomic E-state index is 0.0176. The van der Waals surface area contributed by atoms with Gasteiger partial charge < -0.3 is 5.32 Å². The summed E-state index contributed by atoms with van der Waals surface area (Å²) in [5.74, 6) is -0.816. The highest BCUT2D eigenvalue weighted by Gasteiger charge is 2.49. The third-order valence-electron chi connectivity index (χ3n) is 4.65. The van der Waals surface area contributed by atoms with E-state index in [1.54, 1.807) is 31.0 Å². The van der Waals surface area contributed by atoms with Gasteiger partial charge in [0.05, 0.1) is 11.6 Å². The van der Waals surface area contributed by atoms with E-state index >= 15 is 0 Å². The molecule has 0 saturated carbocycles. The number of urea groups is 1. The molecule has 1 atom stereocenters. The lowest BCUT2D eigenvalue weighted by molar-refractivity contribution is -0.384. The molecule has 8 nitrogen and oxygen atoms in total. The molecule has 1 N–H and O–H groups in total. The minimum atomic E-state index is -1.31. The normalized spacial score (nSPS) is 19.2. The zero-order valence-corrected chi connectivity index (χ0v) is 15.4. The first kappa shape index (κ1) is 19.4. The lowest BCUT2D eigenvalue weighted by Crippen LogP contribution is -2.42. The van der Waals surface area contributed by atoms with Crippen LogP contribution in [-0.2, 0) is 16.9 Å². The lowest BCUT2D eigenvalue weighted by Gasteiger charge is -2.24. The van der Waals surface area contributed by atoms with E-state index in [9.17, 15) is 24.1 Å². The number of imide groups is 1. The van der Waals surface area contributed by atoms with E-state index in [0.29, 0.717) is 17.7 Å². The van der Waals surface area contributed by atoms with E-state index in [1.165, 1.54) is 36.4 Å². The van der Waals surface area contributed by atoms with Crippen LogP contribution in [0, 0.1) is 15.9 Å². The van der Waals surface area contributed by atoms with Crippen LogP contribution in [0.2, 0.25) is 0 Å². The van der Waals surface area contributed by atoms with Gasteiger partial charge in [0.1, 0.15) is 11.4 Å². The summed E-state index contributed by atoms with van der Waals surface area (Å²) in [5, 5.41) is 13.5. The molecule has 0 radical (unpaired) electrons. The molecule has 146 valence electrons. The molecule has 0 bridgehead atoms. The van der Waals surface area contributed by atoms with Crippen LogP contribution in [0.25, 0.3) is 0 Å². The third kappa shape index (κ3) is 3.70. The quantitative estimate of drug-likeness (QED) is 0.468. The van der Waals surface area contributed by atoms with Crippen molar-refractivity contribution in [3.05, 3.63) is 75.6 Å². The Bertz CT molecular complexity index is 934. The number of nitrogens with one attached hydrogen (secondary N) is 1. The molecule has 1 heterocycles. The molecule has 28 heavy (non-hydrogen) atoms. The van der Waals surface area contributed by atoms with Crippen molar-refractivity contribution in [2.45, 2.75) is 19.0 Å².